The molecule has 0 saturated carbocycles. The van der Waals surface area contributed by atoms with Gasteiger partial charge in [-0.2, -0.15) is 0 Å². The quantitative estimate of drug-likeness (QED) is 0.749. The monoisotopic (exact) mass is 333 g/mol. The molecular weight excluding hydrogens is 321 g/mol. The van der Waals surface area contributed by atoms with Gasteiger partial charge < -0.3 is 14.5 Å². The first kappa shape index (κ1) is 15.4. The van der Waals surface area contributed by atoms with Crippen LogP contribution in [0.1, 0.15) is 16.1 Å². The molecule has 0 spiro atoms. The first-order valence-corrected chi connectivity index (χ1v) is 7.21. The minimum Gasteiger partial charge on any atom is -0.497 e. The second kappa shape index (κ2) is 5.93. The third kappa shape index (κ3) is 2.75. The average Bonchev–Trinajstić information content (AvgIpc) is 2.88. The summed E-state index contributed by atoms with van der Waals surface area (Å²) in [7, 11) is 1.56. The SMILES string of the molecule is COc1ccc2oc(C(=O)Nc3cccc(Cl)c3F)c(C)c2c1. The summed E-state index contributed by atoms with van der Waals surface area (Å²) in [6, 6.07) is 9.63. The number of fused-ring (bicyclic) bond motifs is 1. The van der Waals surface area contributed by atoms with Gasteiger partial charge in [0.25, 0.3) is 5.91 Å². The lowest BCUT2D eigenvalue weighted by Gasteiger charge is -2.06. The van der Waals surface area contributed by atoms with Gasteiger partial charge in [0.2, 0.25) is 0 Å². The smallest absolute Gasteiger partial charge is 0.291 e. The van der Waals surface area contributed by atoms with Gasteiger partial charge >= 0.3 is 0 Å². The van der Waals surface area contributed by atoms with E-state index in [-0.39, 0.29) is 16.5 Å². The zero-order valence-electron chi connectivity index (χ0n) is 12.4. The Morgan fingerprint density at radius 2 is 2.09 bits per heavy atom. The maximum absolute atomic E-state index is 13.9. The molecular formula is C17H13ClFNO3. The molecule has 0 unspecified atom stereocenters. The van der Waals surface area contributed by atoms with Crippen LogP contribution >= 0.6 is 11.6 Å². The Morgan fingerprint density at radius 1 is 1.30 bits per heavy atom. The van der Waals surface area contributed by atoms with Crippen LogP contribution in [-0.4, -0.2) is 13.0 Å². The van der Waals surface area contributed by atoms with Crippen LogP contribution in [0.4, 0.5) is 10.1 Å². The molecule has 0 saturated heterocycles. The second-order valence-electron chi connectivity index (χ2n) is 4.97. The standard InChI is InChI=1S/C17H13ClFNO3/c1-9-11-8-10(22-2)6-7-14(11)23-16(9)17(21)20-13-5-3-4-12(18)15(13)19/h3-8H,1-2H3,(H,20,21). The fraction of sp³-hybridized carbons (Fsp3) is 0.118. The maximum Gasteiger partial charge on any atom is 0.291 e. The number of anilines is 1. The number of furan rings is 1. The molecule has 4 nitrogen and oxygen atoms in total. The number of carbonyl (C=O) groups is 1. The molecule has 1 aromatic heterocycles. The van der Waals surface area contributed by atoms with E-state index in [1.54, 1.807) is 38.3 Å². The fourth-order valence-corrected chi connectivity index (χ4v) is 2.50. The van der Waals surface area contributed by atoms with Crippen molar-refractivity contribution in [1.29, 1.82) is 0 Å². The van der Waals surface area contributed by atoms with Crippen molar-refractivity contribution >= 4 is 34.2 Å². The molecule has 6 heteroatoms. The minimum absolute atomic E-state index is 0.0000586. The summed E-state index contributed by atoms with van der Waals surface area (Å²) >= 11 is 5.71. The van der Waals surface area contributed by atoms with Crippen molar-refractivity contribution in [2.24, 2.45) is 0 Å². The molecule has 0 atom stereocenters. The molecule has 0 fully saturated rings. The summed E-state index contributed by atoms with van der Waals surface area (Å²) in [6.45, 7) is 1.76. The molecule has 3 rings (SSSR count). The van der Waals surface area contributed by atoms with E-state index in [0.29, 0.717) is 16.9 Å². The number of halogens is 2. The van der Waals surface area contributed by atoms with Gasteiger partial charge in [0, 0.05) is 10.9 Å². The number of aryl methyl sites for hydroxylation is 1. The summed E-state index contributed by atoms with van der Waals surface area (Å²) in [5, 5.41) is 3.18. The first-order valence-electron chi connectivity index (χ1n) is 6.83. The number of rotatable bonds is 3. The topological polar surface area (TPSA) is 51.5 Å². The van der Waals surface area contributed by atoms with Gasteiger partial charge in [-0.15, -0.1) is 0 Å². The number of hydrogen-bond acceptors (Lipinski definition) is 3. The number of amides is 1. The molecule has 0 bridgehead atoms. The predicted molar refractivity (Wildman–Crippen MR) is 86.9 cm³/mol. The summed E-state index contributed by atoms with van der Waals surface area (Å²) in [5.41, 5.74) is 1.21. The number of carbonyl (C=O) groups excluding carboxylic acids is 1. The van der Waals surface area contributed by atoms with E-state index in [4.69, 9.17) is 20.8 Å². The Kier molecular flexibility index (Phi) is 3.96. The van der Waals surface area contributed by atoms with E-state index in [0.717, 1.165) is 5.39 Å². The van der Waals surface area contributed by atoms with Gasteiger partial charge in [-0.1, -0.05) is 17.7 Å². The average molecular weight is 334 g/mol. The van der Waals surface area contributed by atoms with E-state index in [1.807, 2.05) is 0 Å². The molecule has 0 aliphatic rings. The van der Waals surface area contributed by atoms with Gasteiger partial charge in [-0.25, -0.2) is 4.39 Å². The lowest BCUT2D eigenvalue weighted by atomic mass is 10.1. The summed E-state index contributed by atoms with van der Waals surface area (Å²) in [6.07, 6.45) is 0. The molecule has 1 amide bonds. The third-order valence-electron chi connectivity index (χ3n) is 3.55. The van der Waals surface area contributed by atoms with Crippen LogP contribution in [0, 0.1) is 12.7 Å². The predicted octanol–water partition coefficient (Wildman–Crippen LogP) is 4.79. The number of nitrogens with one attached hydrogen (secondary N) is 1. The normalized spacial score (nSPS) is 10.8. The lowest BCUT2D eigenvalue weighted by Crippen LogP contribution is -2.13. The summed E-state index contributed by atoms with van der Waals surface area (Å²) < 4.78 is 24.6. The van der Waals surface area contributed by atoms with Crippen molar-refractivity contribution in [3.05, 3.63) is 58.6 Å². The molecule has 3 aromatic rings. The van der Waals surface area contributed by atoms with Crippen LogP contribution < -0.4 is 10.1 Å². The highest BCUT2D eigenvalue weighted by Gasteiger charge is 2.19. The molecule has 0 aliphatic heterocycles. The van der Waals surface area contributed by atoms with E-state index < -0.39 is 11.7 Å². The molecule has 1 N–H and O–H groups in total. The largest absolute Gasteiger partial charge is 0.497 e. The van der Waals surface area contributed by atoms with Crippen molar-refractivity contribution < 1.29 is 18.3 Å². The van der Waals surface area contributed by atoms with Crippen LogP contribution in [0.25, 0.3) is 11.0 Å². The van der Waals surface area contributed by atoms with Crippen LogP contribution in [0.15, 0.2) is 40.8 Å². The van der Waals surface area contributed by atoms with Crippen LogP contribution in [0.3, 0.4) is 0 Å². The first-order chi connectivity index (χ1) is 11.0. The van der Waals surface area contributed by atoms with Crippen LogP contribution in [-0.2, 0) is 0 Å². The van der Waals surface area contributed by atoms with Crippen molar-refractivity contribution in [2.75, 3.05) is 12.4 Å². The third-order valence-corrected chi connectivity index (χ3v) is 3.84. The molecule has 0 aliphatic carbocycles. The number of methoxy groups -OCH3 is 1. The number of ether oxygens (including phenoxy) is 1. The van der Waals surface area contributed by atoms with E-state index in [1.165, 1.54) is 12.1 Å². The van der Waals surface area contributed by atoms with Crippen LogP contribution in [0.2, 0.25) is 5.02 Å². The second-order valence-corrected chi connectivity index (χ2v) is 5.38. The Labute approximate surface area is 136 Å². The van der Waals surface area contributed by atoms with Gasteiger partial charge in [0.1, 0.15) is 11.3 Å². The van der Waals surface area contributed by atoms with Crippen molar-refractivity contribution in [3.63, 3.8) is 0 Å². The molecule has 23 heavy (non-hydrogen) atoms. The van der Waals surface area contributed by atoms with E-state index >= 15 is 0 Å². The molecule has 118 valence electrons. The minimum atomic E-state index is -0.682. The summed E-state index contributed by atoms with van der Waals surface area (Å²) in [5.74, 6) is -0.446. The zero-order valence-corrected chi connectivity index (χ0v) is 13.2. The van der Waals surface area contributed by atoms with Crippen molar-refractivity contribution in [2.45, 2.75) is 6.92 Å². The molecule has 1 heterocycles. The number of hydrogen-bond donors (Lipinski definition) is 1. The summed E-state index contributed by atoms with van der Waals surface area (Å²) in [4.78, 5) is 12.4. The lowest BCUT2D eigenvalue weighted by molar-refractivity contribution is 0.0997. The Bertz CT molecular complexity index is 904. The Balaban J connectivity index is 1.98. The Hall–Kier alpha value is -2.53. The van der Waals surface area contributed by atoms with Crippen molar-refractivity contribution in [3.8, 4) is 5.75 Å². The highest BCUT2D eigenvalue weighted by molar-refractivity contribution is 6.31. The van der Waals surface area contributed by atoms with E-state index in [9.17, 15) is 9.18 Å². The molecule has 2 aromatic carbocycles. The van der Waals surface area contributed by atoms with Crippen LogP contribution in [0.5, 0.6) is 5.75 Å². The van der Waals surface area contributed by atoms with Gasteiger partial charge in [-0.3, -0.25) is 4.79 Å². The Morgan fingerprint density at radius 3 is 2.83 bits per heavy atom. The highest BCUT2D eigenvalue weighted by atomic mass is 35.5. The van der Waals surface area contributed by atoms with Gasteiger partial charge in [-0.05, 0) is 37.3 Å². The van der Waals surface area contributed by atoms with Gasteiger partial charge in [0.15, 0.2) is 11.6 Å². The zero-order chi connectivity index (χ0) is 16.6. The highest BCUT2D eigenvalue weighted by Crippen LogP contribution is 2.30. The van der Waals surface area contributed by atoms with Gasteiger partial charge in [0.05, 0.1) is 17.8 Å². The van der Waals surface area contributed by atoms with Crippen molar-refractivity contribution in [1.82, 2.24) is 0 Å². The van der Waals surface area contributed by atoms with E-state index in [2.05, 4.69) is 5.32 Å². The fourth-order valence-electron chi connectivity index (χ4n) is 2.32. The number of benzene rings is 2. The molecule has 0 radical (unpaired) electrons. The maximum atomic E-state index is 13.9.